The van der Waals surface area contributed by atoms with Gasteiger partial charge in [0.1, 0.15) is 12.4 Å². The summed E-state index contributed by atoms with van der Waals surface area (Å²) in [6, 6.07) is 0. The Labute approximate surface area is 104 Å². The predicted molar refractivity (Wildman–Crippen MR) is 60.7 cm³/mol. The fourth-order valence-corrected chi connectivity index (χ4v) is 0.980. The van der Waals surface area contributed by atoms with Crippen LogP contribution >= 0.6 is 0 Å². The van der Waals surface area contributed by atoms with Crippen LogP contribution in [0.5, 0.6) is 0 Å². The number of hydrogen-bond donors (Lipinski definition) is 2. The Hall–Kier alpha value is -2.18. The highest BCUT2D eigenvalue weighted by Crippen LogP contribution is 2.00. The highest BCUT2D eigenvalue weighted by molar-refractivity contribution is 5.96. The van der Waals surface area contributed by atoms with Crippen LogP contribution in [0.1, 0.15) is 19.8 Å². The van der Waals surface area contributed by atoms with Crippen LogP contribution in [-0.4, -0.2) is 41.9 Å². The van der Waals surface area contributed by atoms with E-state index in [0.717, 1.165) is 0 Å². The molecule has 0 aromatic heterocycles. The van der Waals surface area contributed by atoms with E-state index in [9.17, 15) is 19.2 Å². The first kappa shape index (κ1) is 15.8. The Morgan fingerprint density at radius 1 is 1.22 bits per heavy atom. The minimum absolute atomic E-state index is 0.0538. The average Bonchev–Trinajstić information content (AvgIpc) is 2.21. The van der Waals surface area contributed by atoms with Crippen LogP contribution in [0.4, 0.5) is 0 Å². The van der Waals surface area contributed by atoms with Crippen molar-refractivity contribution in [2.24, 2.45) is 0 Å². The van der Waals surface area contributed by atoms with Crippen LogP contribution in [0, 0.1) is 0 Å². The summed E-state index contributed by atoms with van der Waals surface area (Å²) in [6.07, 6.45) is -0.713. The quantitative estimate of drug-likeness (QED) is 0.266. The molecule has 0 saturated heterocycles. The van der Waals surface area contributed by atoms with Gasteiger partial charge in [0.25, 0.3) is 0 Å². The zero-order chi connectivity index (χ0) is 14.1. The normalized spacial score (nSPS) is 9.39. The number of carbonyl (C=O) groups is 4. The van der Waals surface area contributed by atoms with Crippen molar-refractivity contribution in [3.8, 4) is 0 Å². The number of carboxylic acids is 1. The van der Waals surface area contributed by atoms with Crippen LogP contribution in [0.3, 0.4) is 0 Å². The van der Waals surface area contributed by atoms with Crippen molar-refractivity contribution in [3.63, 3.8) is 0 Å². The van der Waals surface area contributed by atoms with Crippen LogP contribution in [0.25, 0.3) is 0 Å². The van der Waals surface area contributed by atoms with E-state index < -0.39 is 24.3 Å². The number of ether oxygens (including phenoxy) is 1. The first-order valence-electron chi connectivity index (χ1n) is 5.15. The molecule has 7 heteroatoms. The van der Waals surface area contributed by atoms with Crippen molar-refractivity contribution in [2.75, 3.05) is 13.2 Å². The van der Waals surface area contributed by atoms with Crippen molar-refractivity contribution in [3.05, 3.63) is 12.2 Å². The Balaban J connectivity index is 3.75. The molecular formula is C11H15NO6. The van der Waals surface area contributed by atoms with E-state index in [1.807, 2.05) is 0 Å². The highest BCUT2D eigenvalue weighted by atomic mass is 16.5. The van der Waals surface area contributed by atoms with Gasteiger partial charge < -0.3 is 15.2 Å². The first-order chi connectivity index (χ1) is 8.32. The summed E-state index contributed by atoms with van der Waals surface area (Å²) in [5, 5.41) is 10.8. The van der Waals surface area contributed by atoms with Crippen LogP contribution < -0.4 is 5.32 Å². The van der Waals surface area contributed by atoms with Gasteiger partial charge in [-0.1, -0.05) is 6.58 Å². The Kier molecular flexibility index (Phi) is 7.02. The molecule has 0 aromatic carbocycles. The second-order valence-electron chi connectivity index (χ2n) is 3.54. The molecule has 0 fully saturated rings. The summed E-state index contributed by atoms with van der Waals surface area (Å²) >= 11 is 0. The van der Waals surface area contributed by atoms with Crippen LogP contribution in [0.15, 0.2) is 12.2 Å². The predicted octanol–water partition coefficient (Wildman–Crippen LogP) is -0.344. The molecule has 18 heavy (non-hydrogen) atoms. The van der Waals surface area contributed by atoms with E-state index >= 15 is 0 Å². The third-order valence-electron chi connectivity index (χ3n) is 1.72. The zero-order valence-corrected chi connectivity index (χ0v) is 10.0. The smallest absolute Gasteiger partial charge is 0.334 e. The van der Waals surface area contributed by atoms with Crippen LogP contribution in [-0.2, 0) is 23.9 Å². The lowest BCUT2D eigenvalue weighted by molar-refractivity contribution is -0.143. The van der Waals surface area contributed by atoms with Crippen molar-refractivity contribution < 1.29 is 29.0 Å². The molecule has 0 aliphatic carbocycles. The molecule has 100 valence electrons. The number of amides is 1. The Bertz CT molecular complexity index is 374. The number of carbonyl (C=O) groups excluding carboxylic acids is 3. The Morgan fingerprint density at radius 3 is 2.33 bits per heavy atom. The van der Waals surface area contributed by atoms with E-state index in [-0.39, 0.29) is 30.9 Å². The summed E-state index contributed by atoms with van der Waals surface area (Å²) in [5.74, 6) is -2.72. The third kappa shape index (κ3) is 8.03. The molecule has 0 atom stereocenters. The van der Waals surface area contributed by atoms with E-state index in [1.165, 1.54) is 6.92 Å². The Morgan fingerprint density at radius 2 is 1.83 bits per heavy atom. The molecule has 0 saturated carbocycles. The minimum Gasteiger partial charge on any atom is -0.481 e. The molecule has 2 N–H and O–H groups in total. The van der Waals surface area contributed by atoms with E-state index in [0.29, 0.717) is 0 Å². The van der Waals surface area contributed by atoms with Gasteiger partial charge in [0.15, 0.2) is 0 Å². The van der Waals surface area contributed by atoms with Gasteiger partial charge in [-0.3, -0.25) is 14.4 Å². The lowest BCUT2D eigenvalue weighted by Crippen LogP contribution is -2.29. The van der Waals surface area contributed by atoms with Gasteiger partial charge in [0.05, 0.1) is 19.4 Å². The van der Waals surface area contributed by atoms with Gasteiger partial charge >= 0.3 is 11.9 Å². The van der Waals surface area contributed by atoms with E-state index in [2.05, 4.69) is 16.6 Å². The van der Waals surface area contributed by atoms with Crippen molar-refractivity contribution in [1.82, 2.24) is 5.32 Å². The molecule has 0 aliphatic rings. The van der Waals surface area contributed by atoms with E-state index in [1.54, 1.807) is 0 Å². The summed E-state index contributed by atoms with van der Waals surface area (Å²) in [6.45, 7) is 4.49. The molecule has 0 rings (SSSR count). The fraction of sp³-hybridized carbons (Fsp3) is 0.455. The molecular weight excluding hydrogens is 242 g/mol. The molecule has 0 unspecified atom stereocenters. The van der Waals surface area contributed by atoms with E-state index in [4.69, 9.17) is 5.11 Å². The first-order valence-corrected chi connectivity index (χ1v) is 5.15. The standard InChI is InChI=1S/C11H15NO6/c1-7(5-10(15)16)11(17)18-4-3-12-9(14)6-8(2)13/h1,3-6H2,2H3,(H,12,14)(H,15,16). The number of nitrogens with one attached hydrogen (secondary N) is 1. The maximum absolute atomic E-state index is 11.1. The summed E-state index contributed by atoms with van der Waals surface area (Å²) < 4.78 is 4.66. The third-order valence-corrected chi connectivity index (χ3v) is 1.72. The SMILES string of the molecule is C=C(CC(=O)O)C(=O)OCCNC(=O)CC(C)=O. The van der Waals surface area contributed by atoms with Gasteiger partial charge in [-0.05, 0) is 6.92 Å². The number of aliphatic carboxylic acids is 1. The van der Waals surface area contributed by atoms with Gasteiger partial charge in [0, 0.05) is 5.57 Å². The number of hydrogen-bond acceptors (Lipinski definition) is 5. The second kappa shape index (κ2) is 7.99. The van der Waals surface area contributed by atoms with Gasteiger partial charge in [-0.25, -0.2) is 4.79 Å². The minimum atomic E-state index is -1.17. The molecule has 0 aromatic rings. The van der Waals surface area contributed by atoms with Crippen LogP contribution in [0.2, 0.25) is 0 Å². The molecule has 1 amide bonds. The largest absolute Gasteiger partial charge is 0.481 e. The molecule has 0 aliphatic heterocycles. The van der Waals surface area contributed by atoms with Crippen molar-refractivity contribution in [1.29, 1.82) is 0 Å². The summed E-state index contributed by atoms with van der Waals surface area (Å²) in [4.78, 5) is 43.0. The number of rotatable bonds is 8. The van der Waals surface area contributed by atoms with Gasteiger partial charge in [0.2, 0.25) is 5.91 Å². The van der Waals surface area contributed by atoms with Crippen molar-refractivity contribution in [2.45, 2.75) is 19.8 Å². The molecule has 0 radical (unpaired) electrons. The molecule has 0 heterocycles. The lowest BCUT2D eigenvalue weighted by atomic mass is 10.2. The number of ketones is 1. The number of esters is 1. The van der Waals surface area contributed by atoms with Crippen molar-refractivity contribution >= 4 is 23.6 Å². The number of carboxylic acid groups (broad SMARTS) is 1. The highest BCUT2D eigenvalue weighted by Gasteiger charge is 2.12. The number of Topliss-reactive ketones (excluding diaryl/α,β-unsaturated/α-hetero) is 1. The molecule has 0 spiro atoms. The fourth-order valence-electron chi connectivity index (χ4n) is 0.980. The maximum atomic E-state index is 11.1. The summed E-state index contributed by atoms with van der Waals surface area (Å²) in [7, 11) is 0. The monoisotopic (exact) mass is 257 g/mol. The zero-order valence-electron chi connectivity index (χ0n) is 10.0. The van der Waals surface area contributed by atoms with Gasteiger partial charge in [-0.2, -0.15) is 0 Å². The lowest BCUT2D eigenvalue weighted by Gasteiger charge is -2.06. The molecule has 0 bridgehead atoms. The molecule has 7 nitrogen and oxygen atoms in total. The second-order valence-corrected chi connectivity index (χ2v) is 3.54. The maximum Gasteiger partial charge on any atom is 0.334 e. The average molecular weight is 257 g/mol. The topological polar surface area (TPSA) is 110 Å². The summed E-state index contributed by atoms with van der Waals surface area (Å²) in [5.41, 5.74) is -0.169. The van der Waals surface area contributed by atoms with Gasteiger partial charge in [-0.15, -0.1) is 0 Å².